The molecule has 1 aromatic rings. The molecule has 1 aromatic carbocycles. The Morgan fingerprint density at radius 3 is 2.83 bits per heavy atom. The molecule has 0 saturated heterocycles. The molecular weight excluding hydrogens is 251 g/mol. The van der Waals surface area contributed by atoms with E-state index in [0.717, 1.165) is 30.8 Å². The van der Waals surface area contributed by atoms with E-state index in [-0.39, 0.29) is 5.82 Å². The Morgan fingerprint density at radius 1 is 1.50 bits per heavy atom. The smallest absolute Gasteiger partial charge is 0.124 e. The molecule has 0 spiro atoms. The Hall–Kier alpha value is -1.22. The zero-order valence-corrected chi connectivity index (χ0v) is 11.2. The Morgan fingerprint density at radius 2 is 2.28 bits per heavy atom. The molecule has 0 amide bonds. The van der Waals surface area contributed by atoms with Gasteiger partial charge in [0.15, 0.2) is 0 Å². The molecule has 3 N–H and O–H groups in total. The Bertz CT molecular complexity index is 439. The van der Waals surface area contributed by atoms with Gasteiger partial charge in [-0.05, 0) is 54.5 Å². The van der Waals surface area contributed by atoms with Gasteiger partial charge in [-0.3, -0.25) is 0 Å². The van der Waals surface area contributed by atoms with Gasteiger partial charge < -0.3 is 11.1 Å². The van der Waals surface area contributed by atoms with Crippen LogP contribution in [0.15, 0.2) is 30.1 Å². The SMILES string of the molecule is CCC(C[C@H]1C=C(N)NC1)c1cc(F)cc(Cl)c1. The van der Waals surface area contributed by atoms with Crippen molar-refractivity contribution in [3.63, 3.8) is 0 Å². The van der Waals surface area contributed by atoms with Gasteiger partial charge in [0, 0.05) is 11.6 Å². The fourth-order valence-electron chi connectivity index (χ4n) is 2.49. The molecule has 1 unspecified atom stereocenters. The quantitative estimate of drug-likeness (QED) is 0.879. The number of nitrogens with one attached hydrogen (secondary N) is 1. The summed E-state index contributed by atoms with van der Waals surface area (Å²) in [5.74, 6) is 1.20. The summed E-state index contributed by atoms with van der Waals surface area (Å²) in [5.41, 5.74) is 6.67. The van der Waals surface area contributed by atoms with E-state index in [0.29, 0.717) is 16.9 Å². The standard InChI is InChI=1S/C14H18ClFN2/c1-2-10(3-9-4-14(17)18-8-9)11-5-12(15)7-13(16)6-11/h4-7,9-10,18H,2-3,8,17H2,1H3/t9-,10?/m0/s1. The van der Waals surface area contributed by atoms with Crippen molar-refractivity contribution in [3.05, 3.63) is 46.5 Å². The van der Waals surface area contributed by atoms with Gasteiger partial charge in [0.1, 0.15) is 5.82 Å². The Labute approximate surface area is 112 Å². The highest BCUT2D eigenvalue weighted by Crippen LogP contribution is 2.31. The van der Waals surface area contributed by atoms with Crippen molar-refractivity contribution in [2.75, 3.05) is 6.54 Å². The number of benzene rings is 1. The molecule has 2 atom stereocenters. The van der Waals surface area contributed by atoms with Gasteiger partial charge >= 0.3 is 0 Å². The summed E-state index contributed by atoms with van der Waals surface area (Å²) in [6.45, 7) is 2.98. The normalized spacial score (nSPS) is 20.4. The Balaban J connectivity index is 2.12. The molecule has 2 rings (SSSR count). The lowest BCUT2D eigenvalue weighted by molar-refractivity contribution is 0.499. The average molecular weight is 269 g/mol. The molecule has 0 fully saturated rings. The van der Waals surface area contributed by atoms with Gasteiger partial charge in [-0.2, -0.15) is 0 Å². The van der Waals surface area contributed by atoms with Gasteiger partial charge in [-0.1, -0.05) is 18.5 Å². The Kier molecular flexibility index (Phi) is 4.12. The van der Waals surface area contributed by atoms with Crippen LogP contribution in [-0.4, -0.2) is 6.54 Å². The summed E-state index contributed by atoms with van der Waals surface area (Å²) in [6.07, 6.45) is 3.97. The van der Waals surface area contributed by atoms with Crippen LogP contribution in [0.2, 0.25) is 5.02 Å². The molecule has 4 heteroatoms. The van der Waals surface area contributed by atoms with E-state index in [1.54, 1.807) is 6.07 Å². The first-order valence-electron chi connectivity index (χ1n) is 6.25. The van der Waals surface area contributed by atoms with E-state index in [1.807, 2.05) is 12.1 Å². The molecule has 0 aromatic heterocycles. The third-order valence-corrected chi connectivity index (χ3v) is 3.64. The van der Waals surface area contributed by atoms with Crippen LogP contribution in [0, 0.1) is 11.7 Å². The van der Waals surface area contributed by atoms with Crippen molar-refractivity contribution in [1.29, 1.82) is 0 Å². The van der Waals surface area contributed by atoms with Crippen molar-refractivity contribution in [3.8, 4) is 0 Å². The second-order valence-corrected chi connectivity index (χ2v) is 5.24. The number of hydrogen-bond donors (Lipinski definition) is 2. The maximum absolute atomic E-state index is 13.4. The number of hydrogen-bond acceptors (Lipinski definition) is 2. The summed E-state index contributed by atoms with van der Waals surface area (Å²) < 4.78 is 13.4. The second-order valence-electron chi connectivity index (χ2n) is 4.81. The molecule has 18 heavy (non-hydrogen) atoms. The zero-order chi connectivity index (χ0) is 13.1. The van der Waals surface area contributed by atoms with Crippen LogP contribution in [0.4, 0.5) is 4.39 Å². The average Bonchev–Trinajstić information content (AvgIpc) is 2.70. The first-order chi connectivity index (χ1) is 8.58. The number of halogens is 2. The van der Waals surface area contributed by atoms with Gasteiger partial charge in [0.25, 0.3) is 0 Å². The first-order valence-corrected chi connectivity index (χ1v) is 6.63. The molecule has 0 saturated carbocycles. The van der Waals surface area contributed by atoms with Gasteiger partial charge in [0.2, 0.25) is 0 Å². The van der Waals surface area contributed by atoms with E-state index in [2.05, 4.69) is 12.2 Å². The summed E-state index contributed by atoms with van der Waals surface area (Å²) in [4.78, 5) is 0. The van der Waals surface area contributed by atoms with Crippen LogP contribution in [-0.2, 0) is 0 Å². The van der Waals surface area contributed by atoms with Crippen LogP contribution < -0.4 is 11.1 Å². The van der Waals surface area contributed by atoms with Crippen molar-refractivity contribution >= 4 is 11.6 Å². The predicted molar refractivity (Wildman–Crippen MR) is 72.8 cm³/mol. The van der Waals surface area contributed by atoms with Crippen LogP contribution in [0.25, 0.3) is 0 Å². The third-order valence-electron chi connectivity index (χ3n) is 3.42. The molecular formula is C14H18ClFN2. The molecule has 98 valence electrons. The van der Waals surface area contributed by atoms with E-state index in [1.165, 1.54) is 6.07 Å². The lowest BCUT2D eigenvalue weighted by atomic mass is 9.87. The lowest BCUT2D eigenvalue weighted by Crippen LogP contribution is -2.17. The van der Waals surface area contributed by atoms with Crippen molar-refractivity contribution < 1.29 is 4.39 Å². The van der Waals surface area contributed by atoms with E-state index in [4.69, 9.17) is 17.3 Å². The summed E-state index contributed by atoms with van der Waals surface area (Å²) in [7, 11) is 0. The fraction of sp³-hybridized carbons (Fsp3) is 0.429. The zero-order valence-electron chi connectivity index (χ0n) is 10.4. The van der Waals surface area contributed by atoms with E-state index >= 15 is 0 Å². The van der Waals surface area contributed by atoms with Crippen LogP contribution in [0.3, 0.4) is 0 Å². The molecule has 1 aliphatic rings. The van der Waals surface area contributed by atoms with Crippen LogP contribution in [0.5, 0.6) is 0 Å². The number of rotatable bonds is 4. The molecule has 0 aliphatic carbocycles. The van der Waals surface area contributed by atoms with E-state index in [9.17, 15) is 4.39 Å². The molecule has 0 bridgehead atoms. The van der Waals surface area contributed by atoms with Crippen molar-refractivity contribution in [2.24, 2.45) is 11.7 Å². The topological polar surface area (TPSA) is 38.0 Å². The fourth-order valence-corrected chi connectivity index (χ4v) is 2.72. The van der Waals surface area contributed by atoms with Gasteiger partial charge in [-0.15, -0.1) is 0 Å². The maximum Gasteiger partial charge on any atom is 0.124 e. The lowest BCUT2D eigenvalue weighted by Gasteiger charge is -2.18. The highest BCUT2D eigenvalue weighted by Gasteiger charge is 2.19. The van der Waals surface area contributed by atoms with Gasteiger partial charge in [0.05, 0.1) is 5.82 Å². The van der Waals surface area contributed by atoms with Gasteiger partial charge in [-0.25, -0.2) is 4.39 Å². The maximum atomic E-state index is 13.4. The highest BCUT2D eigenvalue weighted by atomic mass is 35.5. The predicted octanol–water partition coefficient (Wildman–Crippen LogP) is 3.38. The van der Waals surface area contributed by atoms with Crippen LogP contribution >= 0.6 is 11.6 Å². The van der Waals surface area contributed by atoms with Crippen molar-refractivity contribution in [1.82, 2.24) is 5.32 Å². The largest absolute Gasteiger partial charge is 0.386 e. The minimum Gasteiger partial charge on any atom is -0.386 e. The third kappa shape index (κ3) is 3.16. The summed E-state index contributed by atoms with van der Waals surface area (Å²) in [6, 6.07) is 4.77. The molecule has 2 nitrogen and oxygen atoms in total. The first kappa shape index (κ1) is 13.2. The minimum absolute atomic E-state index is 0.268. The van der Waals surface area contributed by atoms with Crippen LogP contribution in [0.1, 0.15) is 31.2 Å². The molecule has 1 heterocycles. The molecule has 0 radical (unpaired) electrons. The monoisotopic (exact) mass is 268 g/mol. The van der Waals surface area contributed by atoms with Crippen molar-refractivity contribution in [2.45, 2.75) is 25.7 Å². The second kappa shape index (κ2) is 5.61. The number of nitrogens with two attached hydrogens (primary N) is 1. The molecule has 1 aliphatic heterocycles. The minimum atomic E-state index is -0.268. The van der Waals surface area contributed by atoms with E-state index < -0.39 is 0 Å². The summed E-state index contributed by atoms with van der Waals surface area (Å²) in [5, 5.41) is 3.57. The summed E-state index contributed by atoms with van der Waals surface area (Å²) >= 11 is 5.91. The highest BCUT2D eigenvalue weighted by molar-refractivity contribution is 6.30.